The van der Waals surface area contributed by atoms with E-state index >= 15 is 0 Å². The zero-order valence-corrected chi connectivity index (χ0v) is 13.2. The molecule has 0 spiro atoms. The summed E-state index contributed by atoms with van der Waals surface area (Å²) in [5.74, 6) is 1.31. The lowest BCUT2D eigenvalue weighted by Gasteiger charge is -2.10. The molecule has 1 aliphatic rings. The van der Waals surface area contributed by atoms with E-state index in [0.717, 1.165) is 25.1 Å². The normalized spacial score (nSPS) is 14.9. The third kappa shape index (κ3) is 2.20. The Hall–Kier alpha value is -1.89. The number of rotatable bonds is 6. The van der Waals surface area contributed by atoms with Crippen LogP contribution in [0.15, 0.2) is 9.59 Å². The molecule has 0 amide bonds. The van der Waals surface area contributed by atoms with E-state index in [1.807, 2.05) is 18.4 Å². The van der Waals surface area contributed by atoms with Gasteiger partial charge >= 0.3 is 5.69 Å². The molecule has 120 valence electrons. The molecule has 2 aromatic heterocycles. The SMILES string of the molecule is CCCn1c(=O)n(CC)c(=O)c2c1nc(C1CC1)n2CCN. The minimum absolute atomic E-state index is 0.247. The molecule has 1 aliphatic carbocycles. The average molecular weight is 305 g/mol. The maximum absolute atomic E-state index is 12.7. The zero-order valence-electron chi connectivity index (χ0n) is 13.2. The first-order valence-electron chi connectivity index (χ1n) is 8.07. The number of nitrogens with zero attached hydrogens (tertiary/aromatic N) is 4. The molecule has 0 bridgehead atoms. The molecule has 0 radical (unpaired) electrons. The summed E-state index contributed by atoms with van der Waals surface area (Å²) >= 11 is 0. The van der Waals surface area contributed by atoms with Crippen LogP contribution in [0.4, 0.5) is 0 Å². The van der Waals surface area contributed by atoms with Crippen LogP contribution in [0.3, 0.4) is 0 Å². The van der Waals surface area contributed by atoms with E-state index in [-0.39, 0.29) is 11.2 Å². The van der Waals surface area contributed by atoms with Gasteiger partial charge in [-0.15, -0.1) is 0 Å². The van der Waals surface area contributed by atoms with Gasteiger partial charge < -0.3 is 10.3 Å². The van der Waals surface area contributed by atoms with Gasteiger partial charge in [-0.05, 0) is 26.2 Å². The first-order valence-corrected chi connectivity index (χ1v) is 8.07. The van der Waals surface area contributed by atoms with E-state index in [1.54, 1.807) is 4.57 Å². The molecule has 22 heavy (non-hydrogen) atoms. The predicted molar refractivity (Wildman–Crippen MR) is 85.2 cm³/mol. The molecule has 1 saturated carbocycles. The van der Waals surface area contributed by atoms with Gasteiger partial charge in [-0.2, -0.15) is 0 Å². The maximum Gasteiger partial charge on any atom is 0.332 e. The second-order valence-corrected chi connectivity index (χ2v) is 5.84. The molecule has 0 atom stereocenters. The smallest absolute Gasteiger partial charge is 0.329 e. The quantitative estimate of drug-likeness (QED) is 0.847. The summed E-state index contributed by atoms with van der Waals surface area (Å²) in [7, 11) is 0. The summed E-state index contributed by atoms with van der Waals surface area (Å²) in [6.07, 6.45) is 3.00. The molecule has 2 N–H and O–H groups in total. The molecule has 0 aliphatic heterocycles. The van der Waals surface area contributed by atoms with Gasteiger partial charge in [0.05, 0.1) is 0 Å². The molecule has 3 rings (SSSR count). The monoisotopic (exact) mass is 305 g/mol. The molecule has 2 aromatic rings. The molecular weight excluding hydrogens is 282 g/mol. The molecule has 0 unspecified atom stereocenters. The Balaban J connectivity index is 2.41. The first-order chi connectivity index (χ1) is 10.6. The van der Waals surface area contributed by atoms with Crippen molar-refractivity contribution in [3.05, 3.63) is 26.7 Å². The zero-order chi connectivity index (χ0) is 15.9. The number of nitrogens with two attached hydrogens (primary N) is 1. The van der Waals surface area contributed by atoms with E-state index in [2.05, 4.69) is 4.98 Å². The minimum atomic E-state index is -0.262. The van der Waals surface area contributed by atoms with E-state index < -0.39 is 0 Å². The summed E-state index contributed by atoms with van der Waals surface area (Å²) in [5, 5.41) is 0. The van der Waals surface area contributed by atoms with Crippen LogP contribution in [0.1, 0.15) is 44.9 Å². The third-order valence-corrected chi connectivity index (χ3v) is 4.20. The third-order valence-electron chi connectivity index (χ3n) is 4.20. The summed E-state index contributed by atoms with van der Waals surface area (Å²) in [4.78, 5) is 29.9. The van der Waals surface area contributed by atoms with Crippen molar-refractivity contribution in [2.75, 3.05) is 6.54 Å². The predicted octanol–water partition coefficient (Wildman–Crippen LogP) is 0.626. The van der Waals surface area contributed by atoms with E-state index in [0.29, 0.717) is 43.3 Å². The van der Waals surface area contributed by atoms with Crippen molar-refractivity contribution in [2.45, 2.75) is 58.7 Å². The summed E-state index contributed by atoms with van der Waals surface area (Å²) in [5.41, 5.74) is 6.27. The lowest BCUT2D eigenvalue weighted by molar-refractivity contribution is 0.577. The van der Waals surface area contributed by atoms with Gasteiger partial charge in [0.2, 0.25) is 0 Å². The maximum atomic E-state index is 12.7. The van der Waals surface area contributed by atoms with E-state index in [9.17, 15) is 9.59 Å². The van der Waals surface area contributed by atoms with Crippen LogP contribution in [0.5, 0.6) is 0 Å². The van der Waals surface area contributed by atoms with Crippen molar-refractivity contribution in [3.8, 4) is 0 Å². The van der Waals surface area contributed by atoms with Crippen LogP contribution in [0.2, 0.25) is 0 Å². The van der Waals surface area contributed by atoms with Crippen molar-refractivity contribution in [3.63, 3.8) is 0 Å². The Morgan fingerprint density at radius 2 is 1.86 bits per heavy atom. The Labute approximate surface area is 128 Å². The summed E-state index contributed by atoms with van der Waals surface area (Å²) < 4.78 is 4.87. The molecule has 2 heterocycles. The lowest BCUT2D eigenvalue weighted by Crippen LogP contribution is -2.40. The highest BCUT2D eigenvalue weighted by Crippen LogP contribution is 2.40. The Kier molecular flexibility index (Phi) is 3.90. The van der Waals surface area contributed by atoms with Gasteiger partial charge in [0.1, 0.15) is 5.82 Å². The standard InChI is InChI=1S/C15H23N5O2/c1-3-8-20-13-11(14(21)18(4-2)15(20)22)19(9-7-16)12(17-13)10-5-6-10/h10H,3-9,16H2,1-2H3. The Morgan fingerprint density at radius 3 is 2.41 bits per heavy atom. The molecule has 0 saturated heterocycles. The van der Waals surface area contributed by atoms with E-state index in [4.69, 9.17) is 5.73 Å². The van der Waals surface area contributed by atoms with Gasteiger partial charge in [0, 0.05) is 32.1 Å². The van der Waals surface area contributed by atoms with E-state index in [1.165, 1.54) is 4.57 Å². The van der Waals surface area contributed by atoms with Crippen molar-refractivity contribution in [2.24, 2.45) is 5.73 Å². The number of fused-ring (bicyclic) bond motifs is 1. The van der Waals surface area contributed by atoms with Crippen molar-refractivity contribution < 1.29 is 0 Å². The molecule has 0 aromatic carbocycles. The van der Waals surface area contributed by atoms with Gasteiger partial charge in [-0.3, -0.25) is 13.9 Å². The second kappa shape index (κ2) is 5.72. The minimum Gasteiger partial charge on any atom is -0.329 e. The fourth-order valence-corrected chi connectivity index (χ4v) is 3.02. The fourth-order valence-electron chi connectivity index (χ4n) is 3.02. The topological polar surface area (TPSA) is 87.8 Å². The molecule has 1 fully saturated rings. The van der Waals surface area contributed by atoms with Crippen LogP contribution < -0.4 is 17.0 Å². The summed E-state index contributed by atoms with van der Waals surface area (Å²) in [6.45, 7) is 5.77. The number of aryl methyl sites for hydroxylation is 1. The highest BCUT2D eigenvalue weighted by molar-refractivity contribution is 5.71. The highest BCUT2D eigenvalue weighted by atomic mass is 16.2. The molecule has 7 heteroatoms. The Morgan fingerprint density at radius 1 is 1.14 bits per heavy atom. The van der Waals surface area contributed by atoms with Gasteiger partial charge in [0.25, 0.3) is 5.56 Å². The van der Waals surface area contributed by atoms with Crippen molar-refractivity contribution >= 4 is 11.2 Å². The second-order valence-electron chi connectivity index (χ2n) is 5.84. The number of imidazole rings is 1. The van der Waals surface area contributed by atoms with Crippen molar-refractivity contribution in [1.29, 1.82) is 0 Å². The molecule has 7 nitrogen and oxygen atoms in total. The van der Waals surface area contributed by atoms with Crippen LogP contribution >= 0.6 is 0 Å². The van der Waals surface area contributed by atoms with Crippen LogP contribution in [-0.2, 0) is 19.6 Å². The average Bonchev–Trinajstić information content (AvgIpc) is 3.27. The number of hydrogen-bond acceptors (Lipinski definition) is 4. The molecular formula is C15H23N5O2. The van der Waals surface area contributed by atoms with Crippen molar-refractivity contribution in [1.82, 2.24) is 18.7 Å². The largest absolute Gasteiger partial charge is 0.332 e. The first kappa shape index (κ1) is 15.0. The van der Waals surface area contributed by atoms with Gasteiger partial charge in [0.15, 0.2) is 11.2 Å². The van der Waals surface area contributed by atoms with Gasteiger partial charge in [-0.25, -0.2) is 9.78 Å². The van der Waals surface area contributed by atoms with Crippen LogP contribution in [0, 0.1) is 0 Å². The summed E-state index contributed by atoms with van der Waals surface area (Å²) in [6, 6.07) is 0. The fraction of sp³-hybridized carbons (Fsp3) is 0.667. The lowest BCUT2D eigenvalue weighted by atomic mass is 10.4. The van der Waals surface area contributed by atoms with Crippen LogP contribution in [-0.4, -0.2) is 25.2 Å². The number of hydrogen-bond donors (Lipinski definition) is 1. The van der Waals surface area contributed by atoms with Crippen LogP contribution in [0.25, 0.3) is 11.2 Å². The highest BCUT2D eigenvalue weighted by Gasteiger charge is 2.31. The van der Waals surface area contributed by atoms with Gasteiger partial charge in [-0.1, -0.05) is 6.92 Å². The Bertz CT molecular complexity index is 810. The number of aromatic nitrogens is 4.